The Kier molecular flexibility index (Phi) is 1.63. The molecule has 2 nitrogen and oxygen atoms in total. The molecule has 0 aromatic carbocycles. The first-order chi connectivity index (χ1) is 5.31. The van der Waals surface area contributed by atoms with Gasteiger partial charge in [-0.2, -0.15) is 0 Å². The van der Waals surface area contributed by atoms with Gasteiger partial charge in [-0.3, -0.25) is 4.79 Å². The summed E-state index contributed by atoms with van der Waals surface area (Å²) in [4.78, 5) is 11.2. The fourth-order valence-corrected chi connectivity index (χ4v) is 2.68. The quantitative estimate of drug-likeness (QED) is 0.536. The summed E-state index contributed by atoms with van der Waals surface area (Å²) < 4.78 is 4.75. The van der Waals surface area contributed by atoms with E-state index in [1.54, 1.807) is 0 Å². The van der Waals surface area contributed by atoms with Crippen molar-refractivity contribution >= 4 is 5.97 Å². The first kappa shape index (κ1) is 7.14. The molecule has 2 aliphatic rings. The van der Waals surface area contributed by atoms with Gasteiger partial charge in [0.1, 0.15) is 0 Å². The number of fused-ring (bicyclic) bond motifs is 2. The zero-order valence-electron chi connectivity index (χ0n) is 6.88. The van der Waals surface area contributed by atoms with Gasteiger partial charge in [0.2, 0.25) is 0 Å². The van der Waals surface area contributed by atoms with Gasteiger partial charge < -0.3 is 4.74 Å². The summed E-state index contributed by atoms with van der Waals surface area (Å²) in [6.45, 7) is 0. The van der Waals surface area contributed by atoms with Crippen molar-refractivity contribution in [1.29, 1.82) is 0 Å². The minimum atomic E-state index is 0.0252. The lowest BCUT2D eigenvalue weighted by Crippen LogP contribution is -2.21. The second-order valence-electron chi connectivity index (χ2n) is 3.80. The lowest BCUT2D eigenvalue weighted by atomic mass is 9.89. The van der Waals surface area contributed by atoms with Gasteiger partial charge >= 0.3 is 5.97 Å². The average Bonchev–Trinajstić information content (AvgIpc) is 2.62. The first-order valence-electron chi connectivity index (χ1n) is 4.39. The van der Waals surface area contributed by atoms with E-state index in [1.165, 1.54) is 26.4 Å². The van der Waals surface area contributed by atoms with Crippen LogP contribution in [0.2, 0.25) is 0 Å². The van der Waals surface area contributed by atoms with E-state index in [-0.39, 0.29) is 11.9 Å². The van der Waals surface area contributed by atoms with Gasteiger partial charge in [0.15, 0.2) is 0 Å². The largest absolute Gasteiger partial charge is 0.469 e. The molecule has 2 rings (SSSR count). The van der Waals surface area contributed by atoms with E-state index in [0.29, 0.717) is 5.92 Å². The average molecular weight is 154 g/mol. The Morgan fingerprint density at radius 1 is 1.36 bits per heavy atom. The second-order valence-corrected chi connectivity index (χ2v) is 3.80. The molecule has 0 N–H and O–H groups in total. The van der Waals surface area contributed by atoms with Crippen molar-refractivity contribution in [2.75, 3.05) is 7.11 Å². The number of methoxy groups -OCH3 is 1. The minimum absolute atomic E-state index is 0.0252. The molecule has 0 radical (unpaired) electrons. The molecule has 2 unspecified atom stereocenters. The molecule has 2 heteroatoms. The van der Waals surface area contributed by atoms with Crippen LogP contribution in [0, 0.1) is 17.8 Å². The highest BCUT2D eigenvalue weighted by Crippen LogP contribution is 2.48. The third-order valence-electron chi connectivity index (χ3n) is 3.24. The fourth-order valence-electron chi connectivity index (χ4n) is 2.68. The maximum Gasteiger partial charge on any atom is 0.308 e. The number of ether oxygens (including phenoxy) is 1. The highest BCUT2D eigenvalue weighted by molar-refractivity contribution is 5.73. The van der Waals surface area contributed by atoms with E-state index in [1.807, 2.05) is 0 Å². The number of esters is 1. The van der Waals surface area contributed by atoms with Crippen molar-refractivity contribution in [3.8, 4) is 0 Å². The number of hydrogen-bond donors (Lipinski definition) is 0. The van der Waals surface area contributed by atoms with Crippen molar-refractivity contribution in [3.63, 3.8) is 0 Å². The van der Waals surface area contributed by atoms with Gasteiger partial charge in [0, 0.05) is 0 Å². The maximum absolute atomic E-state index is 11.2. The Bertz CT molecular complexity index is 176. The van der Waals surface area contributed by atoms with E-state index < -0.39 is 0 Å². The predicted molar refractivity (Wildman–Crippen MR) is 41.0 cm³/mol. The van der Waals surface area contributed by atoms with Gasteiger partial charge in [0.25, 0.3) is 0 Å². The van der Waals surface area contributed by atoms with E-state index in [2.05, 4.69) is 0 Å². The lowest BCUT2D eigenvalue weighted by Gasteiger charge is -2.18. The SMILES string of the molecule is COC(=O)[C@H]1CC2CCC1C2. The van der Waals surface area contributed by atoms with E-state index in [4.69, 9.17) is 4.74 Å². The van der Waals surface area contributed by atoms with Crippen molar-refractivity contribution in [3.05, 3.63) is 0 Å². The number of carbonyl (C=O) groups excluding carboxylic acids is 1. The van der Waals surface area contributed by atoms with Gasteiger partial charge in [-0.05, 0) is 31.1 Å². The topological polar surface area (TPSA) is 26.3 Å². The van der Waals surface area contributed by atoms with Crippen LogP contribution >= 0.6 is 0 Å². The molecule has 11 heavy (non-hydrogen) atoms. The van der Waals surface area contributed by atoms with Crippen LogP contribution < -0.4 is 0 Å². The smallest absolute Gasteiger partial charge is 0.308 e. The third kappa shape index (κ3) is 1.05. The molecule has 0 amide bonds. The highest BCUT2D eigenvalue weighted by Gasteiger charge is 2.43. The molecule has 0 saturated heterocycles. The van der Waals surface area contributed by atoms with Gasteiger partial charge in [-0.25, -0.2) is 0 Å². The first-order valence-corrected chi connectivity index (χ1v) is 4.39. The Morgan fingerprint density at radius 2 is 2.18 bits per heavy atom. The van der Waals surface area contributed by atoms with Crippen LogP contribution in [-0.4, -0.2) is 13.1 Å². The van der Waals surface area contributed by atoms with Gasteiger partial charge in [-0.15, -0.1) is 0 Å². The number of rotatable bonds is 1. The summed E-state index contributed by atoms with van der Waals surface area (Å²) >= 11 is 0. The second kappa shape index (κ2) is 2.50. The maximum atomic E-state index is 11.2. The summed E-state index contributed by atoms with van der Waals surface area (Å²) in [5, 5.41) is 0. The van der Waals surface area contributed by atoms with Crippen LogP contribution in [0.25, 0.3) is 0 Å². The Morgan fingerprint density at radius 3 is 2.64 bits per heavy atom. The Hall–Kier alpha value is -0.530. The fraction of sp³-hybridized carbons (Fsp3) is 0.889. The molecule has 62 valence electrons. The molecule has 0 spiro atoms. The van der Waals surface area contributed by atoms with E-state index in [0.717, 1.165) is 12.3 Å². The molecule has 2 fully saturated rings. The van der Waals surface area contributed by atoms with E-state index in [9.17, 15) is 4.79 Å². The molecular formula is C9H14O2. The molecule has 0 heterocycles. The van der Waals surface area contributed by atoms with Crippen molar-refractivity contribution < 1.29 is 9.53 Å². The van der Waals surface area contributed by atoms with Crippen LogP contribution in [0.5, 0.6) is 0 Å². The number of hydrogen-bond acceptors (Lipinski definition) is 2. The molecule has 2 bridgehead atoms. The van der Waals surface area contributed by atoms with Crippen LogP contribution in [0.15, 0.2) is 0 Å². The zero-order valence-corrected chi connectivity index (χ0v) is 6.88. The normalized spacial score (nSPS) is 41.0. The molecule has 2 aliphatic carbocycles. The summed E-state index contributed by atoms with van der Waals surface area (Å²) in [5.74, 6) is 1.77. The zero-order chi connectivity index (χ0) is 7.84. The van der Waals surface area contributed by atoms with Crippen LogP contribution in [0.1, 0.15) is 25.7 Å². The van der Waals surface area contributed by atoms with E-state index >= 15 is 0 Å². The summed E-state index contributed by atoms with van der Waals surface area (Å²) in [6.07, 6.45) is 4.97. The lowest BCUT2D eigenvalue weighted by molar-refractivity contribution is -0.147. The highest BCUT2D eigenvalue weighted by atomic mass is 16.5. The number of carbonyl (C=O) groups is 1. The molecule has 0 aromatic heterocycles. The molecule has 0 aliphatic heterocycles. The van der Waals surface area contributed by atoms with Gasteiger partial charge in [-0.1, -0.05) is 6.42 Å². The van der Waals surface area contributed by atoms with Crippen LogP contribution in [-0.2, 0) is 9.53 Å². The van der Waals surface area contributed by atoms with Crippen molar-refractivity contribution in [1.82, 2.24) is 0 Å². The summed E-state index contributed by atoms with van der Waals surface area (Å²) in [7, 11) is 1.49. The minimum Gasteiger partial charge on any atom is -0.469 e. The Balaban J connectivity index is 2.02. The standard InChI is InChI=1S/C9H14O2/c1-11-9(10)8-5-6-2-3-7(8)4-6/h6-8H,2-5H2,1H3/t6?,7?,8-/m0/s1. The summed E-state index contributed by atoms with van der Waals surface area (Å²) in [6, 6.07) is 0. The van der Waals surface area contributed by atoms with Crippen LogP contribution in [0.3, 0.4) is 0 Å². The summed E-state index contributed by atoms with van der Waals surface area (Å²) in [5.41, 5.74) is 0. The van der Waals surface area contributed by atoms with Crippen molar-refractivity contribution in [2.24, 2.45) is 17.8 Å². The molecule has 3 atom stereocenters. The van der Waals surface area contributed by atoms with Gasteiger partial charge in [0.05, 0.1) is 13.0 Å². The molecular weight excluding hydrogens is 140 g/mol. The predicted octanol–water partition coefficient (Wildman–Crippen LogP) is 1.60. The van der Waals surface area contributed by atoms with Crippen LogP contribution in [0.4, 0.5) is 0 Å². The Labute approximate surface area is 66.9 Å². The molecule has 0 aromatic rings. The molecule has 2 saturated carbocycles. The monoisotopic (exact) mass is 154 g/mol. The third-order valence-corrected chi connectivity index (χ3v) is 3.24. The van der Waals surface area contributed by atoms with Crippen molar-refractivity contribution in [2.45, 2.75) is 25.7 Å².